The standard InChI is InChI=1S/C16H22N2OS/c1-4-19-15-8-6-5-7-14(15)16-18-11-13(20-16)10-17-9-12(2)3/h5-8,11-12,17H,4,9-10H2,1-3H3. The second kappa shape index (κ2) is 7.41. The maximum Gasteiger partial charge on any atom is 0.129 e. The molecule has 0 aliphatic heterocycles. The number of para-hydroxylation sites is 1. The molecule has 3 nitrogen and oxygen atoms in total. The van der Waals surface area contributed by atoms with E-state index in [1.165, 1.54) is 4.88 Å². The van der Waals surface area contributed by atoms with Crippen LogP contribution in [0.5, 0.6) is 5.75 Å². The number of nitrogens with zero attached hydrogens (tertiary/aromatic N) is 1. The van der Waals surface area contributed by atoms with E-state index >= 15 is 0 Å². The van der Waals surface area contributed by atoms with Crippen molar-refractivity contribution in [3.63, 3.8) is 0 Å². The summed E-state index contributed by atoms with van der Waals surface area (Å²) in [5.74, 6) is 1.58. The van der Waals surface area contributed by atoms with Gasteiger partial charge in [0, 0.05) is 17.6 Å². The summed E-state index contributed by atoms with van der Waals surface area (Å²) in [5.41, 5.74) is 1.08. The van der Waals surface area contributed by atoms with Gasteiger partial charge in [-0.1, -0.05) is 26.0 Å². The van der Waals surface area contributed by atoms with Gasteiger partial charge >= 0.3 is 0 Å². The molecule has 4 heteroatoms. The van der Waals surface area contributed by atoms with Gasteiger partial charge in [0.25, 0.3) is 0 Å². The van der Waals surface area contributed by atoms with E-state index in [-0.39, 0.29) is 0 Å². The van der Waals surface area contributed by atoms with E-state index in [0.717, 1.165) is 29.4 Å². The summed E-state index contributed by atoms with van der Waals surface area (Å²) in [6.45, 7) is 9.01. The summed E-state index contributed by atoms with van der Waals surface area (Å²) < 4.78 is 5.66. The van der Waals surface area contributed by atoms with E-state index in [1.807, 2.05) is 31.3 Å². The molecule has 2 aromatic rings. The van der Waals surface area contributed by atoms with Gasteiger partial charge in [-0.25, -0.2) is 4.98 Å². The maximum atomic E-state index is 5.66. The zero-order chi connectivity index (χ0) is 14.4. The van der Waals surface area contributed by atoms with Gasteiger partial charge in [0.1, 0.15) is 10.8 Å². The fraction of sp³-hybridized carbons (Fsp3) is 0.438. The molecule has 0 fully saturated rings. The fourth-order valence-corrected chi connectivity index (χ4v) is 2.83. The third-order valence-electron chi connectivity index (χ3n) is 2.82. The van der Waals surface area contributed by atoms with Gasteiger partial charge in [0.05, 0.1) is 12.2 Å². The molecule has 0 atom stereocenters. The number of aromatic nitrogens is 1. The van der Waals surface area contributed by atoms with E-state index in [2.05, 4.69) is 30.2 Å². The lowest BCUT2D eigenvalue weighted by Crippen LogP contribution is -2.18. The van der Waals surface area contributed by atoms with Crippen molar-refractivity contribution in [3.05, 3.63) is 35.3 Å². The molecular formula is C16H22N2OS. The predicted octanol–water partition coefficient (Wildman–Crippen LogP) is 3.95. The Morgan fingerprint density at radius 2 is 2.10 bits per heavy atom. The van der Waals surface area contributed by atoms with Crippen LogP contribution in [0.25, 0.3) is 10.6 Å². The number of hydrogen-bond acceptors (Lipinski definition) is 4. The minimum absolute atomic E-state index is 0.668. The Morgan fingerprint density at radius 1 is 1.30 bits per heavy atom. The van der Waals surface area contributed by atoms with Crippen LogP contribution in [0, 0.1) is 5.92 Å². The fourth-order valence-electron chi connectivity index (χ4n) is 1.92. The first kappa shape index (κ1) is 15.0. The number of thiazole rings is 1. The highest BCUT2D eigenvalue weighted by Crippen LogP contribution is 2.32. The van der Waals surface area contributed by atoms with Crippen molar-refractivity contribution in [3.8, 4) is 16.3 Å². The topological polar surface area (TPSA) is 34.1 Å². The van der Waals surface area contributed by atoms with Crippen molar-refractivity contribution >= 4 is 11.3 Å². The van der Waals surface area contributed by atoms with Crippen LogP contribution in [0.3, 0.4) is 0 Å². The van der Waals surface area contributed by atoms with E-state index in [0.29, 0.717) is 12.5 Å². The summed E-state index contributed by atoms with van der Waals surface area (Å²) in [5, 5.41) is 4.47. The first-order valence-electron chi connectivity index (χ1n) is 7.08. The zero-order valence-corrected chi connectivity index (χ0v) is 13.2. The summed E-state index contributed by atoms with van der Waals surface area (Å²) in [6.07, 6.45) is 1.95. The quantitative estimate of drug-likeness (QED) is 0.838. The molecule has 0 saturated heterocycles. The molecule has 0 amide bonds. The molecule has 1 heterocycles. The van der Waals surface area contributed by atoms with Gasteiger partial charge in [0.15, 0.2) is 0 Å². The highest BCUT2D eigenvalue weighted by Gasteiger charge is 2.10. The Kier molecular flexibility index (Phi) is 5.56. The molecule has 0 saturated carbocycles. The van der Waals surface area contributed by atoms with Crippen LogP contribution in [0.4, 0.5) is 0 Å². The Morgan fingerprint density at radius 3 is 2.85 bits per heavy atom. The van der Waals surface area contributed by atoms with Crippen LogP contribution >= 0.6 is 11.3 Å². The lowest BCUT2D eigenvalue weighted by atomic mass is 10.2. The summed E-state index contributed by atoms with van der Waals surface area (Å²) >= 11 is 1.72. The average molecular weight is 290 g/mol. The van der Waals surface area contributed by atoms with Gasteiger partial charge in [-0.05, 0) is 31.5 Å². The summed E-state index contributed by atoms with van der Waals surface area (Å²) in [4.78, 5) is 5.78. The van der Waals surface area contributed by atoms with Crippen molar-refractivity contribution in [2.24, 2.45) is 5.92 Å². The second-order valence-corrected chi connectivity index (χ2v) is 6.20. The molecule has 0 spiro atoms. The minimum Gasteiger partial charge on any atom is -0.493 e. The number of ether oxygens (including phenoxy) is 1. The average Bonchev–Trinajstić information content (AvgIpc) is 2.88. The highest BCUT2D eigenvalue weighted by atomic mass is 32.1. The lowest BCUT2D eigenvalue weighted by molar-refractivity contribution is 0.341. The SMILES string of the molecule is CCOc1ccccc1-c1ncc(CNCC(C)C)s1. The van der Waals surface area contributed by atoms with Crippen molar-refractivity contribution in [1.29, 1.82) is 0 Å². The van der Waals surface area contributed by atoms with Crippen LogP contribution < -0.4 is 10.1 Å². The van der Waals surface area contributed by atoms with Crippen LogP contribution in [0.1, 0.15) is 25.6 Å². The van der Waals surface area contributed by atoms with Gasteiger partial charge < -0.3 is 10.1 Å². The smallest absolute Gasteiger partial charge is 0.129 e. The third-order valence-corrected chi connectivity index (χ3v) is 3.85. The molecule has 0 aliphatic carbocycles. The zero-order valence-electron chi connectivity index (χ0n) is 12.3. The molecule has 2 rings (SSSR count). The minimum atomic E-state index is 0.668. The highest BCUT2D eigenvalue weighted by molar-refractivity contribution is 7.15. The number of benzene rings is 1. The van der Waals surface area contributed by atoms with Crippen molar-refractivity contribution in [1.82, 2.24) is 10.3 Å². The Balaban J connectivity index is 2.08. The largest absolute Gasteiger partial charge is 0.493 e. The van der Waals surface area contributed by atoms with E-state index in [1.54, 1.807) is 11.3 Å². The number of rotatable bonds is 7. The molecule has 1 aromatic heterocycles. The first-order valence-corrected chi connectivity index (χ1v) is 7.90. The van der Waals surface area contributed by atoms with Crippen molar-refractivity contribution < 1.29 is 4.74 Å². The van der Waals surface area contributed by atoms with E-state index in [9.17, 15) is 0 Å². The van der Waals surface area contributed by atoms with Crippen LogP contribution in [0.15, 0.2) is 30.5 Å². The maximum absolute atomic E-state index is 5.66. The Hall–Kier alpha value is -1.39. The Bertz CT molecular complexity index is 537. The number of hydrogen-bond donors (Lipinski definition) is 1. The molecule has 0 unspecified atom stereocenters. The van der Waals surface area contributed by atoms with Crippen LogP contribution in [-0.4, -0.2) is 18.1 Å². The molecule has 1 N–H and O–H groups in total. The normalized spacial score (nSPS) is 11.0. The monoisotopic (exact) mass is 290 g/mol. The summed E-state index contributed by atoms with van der Waals surface area (Å²) in [7, 11) is 0. The van der Waals surface area contributed by atoms with Gasteiger partial charge in [-0.2, -0.15) is 0 Å². The lowest BCUT2D eigenvalue weighted by Gasteiger charge is -2.07. The molecule has 0 bridgehead atoms. The molecular weight excluding hydrogens is 268 g/mol. The molecule has 20 heavy (non-hydrogen) atoms. The molecule has 108 valence electrons. The van der Waals surface area contributed by atoms with Crippen molar-refractivity contribution in [2.75, 3.05) is 13.2 Å². The first-order chi connectivity index (χ1) is 9.70. The second-order valence-electron chi connectivity index (χ2n) is 5.09. The summed E-state index contributed by atoms with van der Waals surface area (Å²) in [6, 6.07) is 8.08. The van der Waals surface area contributed by atoms with E-state index < -0.39 is 0 Å². The van der Waals surface area contributed by atoms with Gasteiger partial charge in [0.2, 0.25) is 0 Å². The van der Waals surface area contributed by atoms with Crippen LogP contribution in [0.2, 0.25) is 0 Å². The Labute approximate surface area is 125 Å². The molecule has 0 aliphatic rings. The van der Waals surface area contributed by atoms with Crippen molar-refractivity contribution in [2.45, 2.75) is 27.3 Å². The molecule has 1 aromatic carbocycles. The predicted molar refractivity (Wildman–Crippen MR) is 85.3 cm³/mol. The molecule has 0 radical (unpaired) electrons. The van der Waals surface area contributed by atoms with Crippen LogP contribution in [-0.2, 0) is 6.54 Å². The number of nitrogens with one attached hydrogen (secondary N) is 1. The van der Waals surface area contributed by atoms with Gasteiger partial charge in [-0.3, -0.25) is 0 Å². The van der Waals surface area contributed by atoms with E-state index in [4.69, 9.17) is 4.74 Å². The third kappa shape index (κ3) is 4.05. The van der Waals surface area contributed by atoms with Gasteiger partial charge in [-0.15, -0.1) is 11.3 Å².